The van der Waals surface area contributed by atoms with Crippen LogP contribution in [0.15, 0.2) is 54.6 Å². The number of piperidine rings is 1. The fourth-order valence-electron chi connectivity index (χ4n) is 4.69. The van der Waals surface area contributed by atoms with Gasteiger partial charge in [-0.25, -0.2) is 0 Å². The number of hydrogen-bond donors (Lipinski definition) is 2. The Hall–Kier alpha value is -2.45. The number of aliphatic hydroxyl groups is 1. The Morgan fingerprint density at radius 3 is 2.59 bits per heavy atom. The van der Waals surface area contributed by atoms with Crippen LogP contribution in [0.2, 0.25) is 0 Å². The Bertz CT molecular complexity index is 1170. The molecule has 0 spiro atoms. The zero-order chi connectivity index (χ0) is 23.5. The van der Waals surface area contributed by atoms with Gasteiger partial charge in [0.1, 0.15) is 5.00 Å². The van der Waals surface area contributed by atoms with E-state index in [1.807, 2.05) is 59.1 Å². The predicted molar refractivity (Wildman–Crippen MR) is 140 cm³/mol. The van der Waals surface area contributed by atoms with Gasteiger partial charge in [0.25, 0.3) is 0 Å². The number of benzene rings is 2. The van der Waals surface area contributed by atoms with Gasteiger partial charge in [0.15, 0.2) is 5.78 Å². The van der Waals surface area contributed by atoms with Gasteiger partial charge in [-0.1, -0.05) is 54.6 Å². The summed E-state index contributed by atoms with van der Waals surface area (Å²) in [4.78, 5) is 29.7. The van der Waals surface area contributed by atoms with Crippen LogP contribution in [0, 0.1) is 0 Å². The summed E-state index contributed by atoms with van der Waals surface area (Å²) in [5.74, 6) is 1.69. The third-order valence-corrected chi connectivity index (χ3v) is 8.72. The minimum absolute atomic E-state index is 0.0345. The van der Waals surface area contributed by atoms with E-state index < -0.39 is 0 Å². The largest absolute Gasteiger partial charge is 0.392 e. The third-order valence-electron chi connectivity index (χ3n) is 6.40. The molecule has 0 aliphatic carbocycles. The number of carbonyl (C=O) groups is 2. The van der Waals surface area contributed by atoms with Crippen molar-refractivity contribution in [1.82, 2.24) is 4.90 Å². The van der Waals surface area contributed by atoms with Gasteiger partial charge >= 0.3 is 0 Å². The van der Waals surface area contributed by atoms with Crippen molar-refractivity contribution >= 4 is 39.8 Å². The molecule has 5 rings (SSSR count). The maximum atomic E-state index is 13.7. The molecule has 2 aliphatic heterocycles. The van der Waals surface area contributed by atoms with Crippen molar-refractivity contribution in [1.29, 1.82) is 0 Å². The Labute approximate surface area is 208 Å². The van der Waals surface area contributed by atoms with E-state index in [4.69, 9.17) is 0 Å². The zero-order valence-corrected chi connectivity index (χ0v) is 20.6. The van der Waals surface area contributed by atoms with Crippen LogP contribution in [0.5, 0.6) is 0 Å². The van der Waals surface area contributed by atoms with Crippen molar-refractivity contribution in [2.24, 2.45) is 0 Å². The summed E-state index contributed by atoms with van der Waals surface area (Å²) in [5, 5.41) is 13.6. The monoisotopic (exact) mass is 492 g/mol. The number of rotatable bonds is 6. The molecule has 2 aliphatic rings. The van der Waals surface area contributed by atoms with Crippen LogP contribution < -0.4 is 5.32 Å². The number of fused-ring (bicyclic) bond motifs is 1. The molecule has 3 aromatic rings. The minimum Gasteiger partial charge on any atom is -0.392 e. The molecule has 3 heterocycles. The first kappa shape index (κ1) is 23.3. The fraction of sp³-hybridized carbons (Fsp3) is 0.333. The normalized spacial score (nSPS) is 18.3. The van der Waals surface area contributed by atoms with Gasteiger partial charge in [-0.05, 0) is 48.3 Å². The number of amides is 1. The number of likely N-dealkylation sites (tertiary alicyclic amines) is 1. The van der Waals surface area contributed by atoms with E-state index in [0.717, 1.165) is 54.0 Å². The van der Waals surface area contributed by atoms with Crippen molar-refractivity contribution in [3.8, 4) is 11.1 Å². The first-order chi connectivity index (χ1) is 16.6. The maximum Gasteiger partial charge on any atom is 0.239 e. The number of nitrogens with zero attached hydrogens (tertiary/aromatic N) is 1. The molecule has 1 saturated heterocycles. The highest BCUT2D eigenvalue weighted by Crippen LogP contribution is 2.40. The first-order valence-electron chi connectivity index (χ1n) is 11.7. The Morgan fingerprint density at radius 1 is 1.06 bits per heavy atom. The first-order valence-corrected chi connectivity index (χ1v) is 13.7. The van der Waals surface area contributed by atoms with E-state index >= 15 is 0 Å². The van der Waals surface area contributed by atoms with Crippen LogP contribution in [-0.2, 0) is 17.0 Å². The lowest BCUT2D eigenvalue weighted by atomic mass is 9.96. The lowest BCUT2D eigenvalue weighted by Gasteiger charge is -2.29. The van der Waals surface area contributed by atoms with Gasteiger partial charge in [0.2, 0.25) is 5.91 Å². The van der Waals surface area contributed by atoms with E-state index in [1.54, 1.807) is 0 Å². The number of thioether (sulfide) groups is 1. The molecule has 1 amide bonds. The second-order valence-corrected chi connectivity index (χ2v) is 11.1. The molecule has 1 unspecified atom stereocenters. The average molecular weight is 493 g/mol. The molecule has 1 fully saturated rings. The Kier molecular flexibility index (Phi) is 7.15. The quantitative estimate of drug-likeness (QED) is 0.483. The van der Waals surface area contributed by atoms with Crippen LogP contribution in [0.4, 0.5) is 5.00 Å². The van der Waals surface area contributed by atoms with Crippen molar-refractivity contribution in [2.75, 3.05) is 30.7 Å². The highest BCUT2D eigenvalue weighted by Gasteiger charge is 2.28. The highest BCUT2D eigenvalue weighted by atomic mass is 32.2. The fourth-order valence-corrected chi connectivity index (χ4v) is 7.09. The lowest BCUT2D eigenvalue weighted by Crippen LogP contribution is -2.42. The summed E-state index contributed by atoms with van der Waals surface area (Å²) < 4.78 is 0. The predicted octanol–water partition coefficient (Wildman–Crippen LogP) is 4.83. The SMILES string of the molecule is O=C(CN1CCCC(O)C1)Nc1sc2c(c1C(=O)c1ccc(-c3ccccc3)cc1)CCSC2. The summed E-state index contributed by atoms with van der Waals surface area (Å²) in [6, 6.07) is 17.8. The maximum absolute atomic E-state index is 13.7. The third kappa shape index (κ3) is 5.13. The number of nitrogens with one attached hydrogen (secondary N) is 1. The van der Waals surface area contributed by atoms with Gasteiger partial charge in [-0.15, -0.1) is 11.3 Å². The van der Waals surface area contributed by atoms with Crippen LogP contribution in [0.25, 0.3) is 11.1 Å². The van der Waals surface area contributed by atoms with E-state index in [2.05, 4.69) is 17.4 Å². The second-order valence-electron chi connectivity index (χ2n) is 8.86. The molecule has 2 aromatic carbocycles. The number of hydrogen-bond acceptors (Lipinski definition) is 6. The molecule has 7 heteroatoms. The summed E-state index contributed by atoms with van der Waals surface area (Å²) in [6.45, 7) is 1.56. The smallest absolute Gasteiger partial charge is 0.239 e. The van der Waals surface area contributed by atoms with Gasteiger partial charge in [0.05, 0.1) is 18.2 Å². The Balaban J connectivity index is 1.38. The van der Waals surface area contributed by atoms with Gasteiger partial charge in [-0.2, -0.15) is 11.8 Å². The zero-order valence-electron chi connectivity index (χ0n) is 19.0. The molecule has 0 bridgehead atoms. The molecule has 5 nitrogen and oxygen atoms in total. The number of thiophene rings is 1. The molecular weight excluding hydrogens is 464 g/mol. The minimum atomic E-state index is -0.372. The molecule has 2 N–H and O–H groups in total. The number of β-amino-alcohol motifs (C(OH)–C–C–N with tert-alkyl or cyclic N) is 1. The van der Waals surface area contributed by atoms with Gasteiger partial charge in [-0.3, -0.25) is 14.5 Å². The summed E-state index contributed by atoms with van der Waals surface area (Å²) in [6.07, 6.45) is 2.15. The molecule has 176 valence electrons. The summed E-state index contributed by atoms with van der Waals surface area (Å²) >= 11 is 3.40. The summed E-state index contributed by atoms with van der Waals surface area (Å²) in [5.41, 5.74) is 4.55. The van der Waals surface area contributed by atoms with Crippen molar-refractivity contribution < 1.29 is 14.7 Å². The molecule has 0 radical (unpaired) electrons. The van der Waals surface area contributed by atoms with Crippen molar-refractivity contribution in [2.45, 2.75) is 31.1 Å². The number of ketones is 1. The number of anilines is 1. The topological polar surface area (TPSA) is 69.6 Å². The van der Waals surface area contributed by atoms with Crippen molar-refractivity contribution in [3.05, 3.63) is 76.2 Å². The van der Waals surface area contributed by atoms with Crippen LogP contribution in [0.3, 0.4) is 0 Å². The second kappa shape index (κ2) is 10.4. The van der Waals surface area contributed by atoms with Gasteiger partial charge in [0, 0.05) is 22.7 Å². The van der Waals surface area contributed by atoms with Crippen molar-refractivity contribution in [3.63, 3.8) is 0 Å². The number of carbonyl (C=O) groups excluding carboxylic acids is 2. The highest BCUT2D eigenvalue weighted by molar-refractivity contribution is 7.98. The van der Waals surface area contributed by atoms with Gasteiger partial charge < -0.3 is 10.4 Å². The van der Waals surface area contributed by atoms with E-state index in [9.17, 15) is 14.7 Å². The van der Waals surface area contributed by atoms with Crippen LogP contribution >= 0.6 is 23.1 Å². The standard InChI is InChI=1S/C27H28N2O3S2/c30-21-7-4-13-29(15-21)16-24(31)28-27-25(22-12-14-33-17-23(22)34-27)26(32)20-10-8-19(9-11-20)18-5-2-1-3-6-18/h1-3,5-6,8-11,21,30H,4,7,12-17H2,(H,28,31). The molecular formula is C27H28N2O3S2. The molecule has 0 saturated carbocycles. The number of aliphatic hydroxyl groups excluding tert-OH is 1. The van der Waals surface area contributed by atoms with Crippen LogP contribution in [0.1, 0.15) is 39.2 Å². The average Bonchev–Trinajstić information content (AvgIpc) is 3.22. The molecule has 1 aromatic heterocycles. The molecule has 1 atom stereocenters. The molecule has 34 heavy (non-hydrogen) atoms. The Morgan fingerprint density at radius 2 is 1.82 bits per heavy atom. The van der Waals surface area contributed by atoms with E-state index in [1.165, 1.54) is 16.2 Å². The van der Waals surface area contributed by atoms with E-state index in [-0.39, 0.29) is 24.3 Å². The van der Waals surface area contributed by atoms with E-state index in [0.29, 0.717) is 22.7 Å². The van der Waals surface area contributed by atoms with Crippen LogP contribution in [-0.4, -0.2) is 53.2 Å². The summed E-state index contributed by atoms with van der Waals surface area (Å²) in [7, 11) is 0. The lowest BCUT2D eigenvalue weighted by molar-refractivity contribution is -0.117.